The maximum Gasteiger partial charge on any atom is 0.416 e. The van der Waals surface area contributed by atoms with Gasteiger partial charge in [0, 0.05) is 12.2 Å². The van der Waals surface area contributed by atoms with Crippen LogP contribution in [0, 0.1) is 13.8 Å². The first-order valence-electron chi connectivity index (χ1n) is 9.94. The molecule has 31 heavy (non-hydrogen) atoms. The molecular formula is C25H24F3NO2. The molecular weight excluding hydrogens is 403 g/mol. The van der Waals surface area contributed by atoms with Crippen LogP contribution >= 0.6 is 0 Å². The fourth-order valence-corrected chi connectivity index (χ4v) is 3.29. The van der Waals surface area contributed by atoms with Crippen LogP contribution in [0.2, 0.25) is 0 Å². The number of aliphatic hydroxyl groups excluding tert-OH is 1. The number of benzene rings is 3. The lowest BCUT2D eigenvalue weighted by Gasteiger charge is -2.26. The highest BCUT2D eigenvalue weighted by Gasteiger charge is 2.30. The molecule has 1 atom stereocenters. The van der Waals surface area contributed by atoms with Crippen LogP contribution in [0.4, 0.5) is 18.9 Å². The lowest BCUT2D eigenvalue weighted by molar-refractivity contribution is -0.137. The molecule has 3 nitrogen and oxygen atoms in total. The van der Waals surface area contributed by atoms with Crippen LogP contribution in [-0.4, -0.2) is 17.6 Å². The van der Waals surface area contributed by atoms with Gasteiger partial charge in [0.25, 0.3) is 5.91 Å². The minimum absolute atomic E-state index is 0.219. The Morgan fingerprint density at radius 2 is 1.58 bits per heavy atom. The van der Waals surface area contributed by atoms with Gasteiger partial charge in [0.05, 0.1) is 5.56 Å². The standard InChI is InChI=1S/C25H24F3NO2/c1-17-8-13-22(16-18(17)2)29(24(31)23(30)20-6-4-3-5-7-20)15-14-19-9-11-21(12-10-19)25(26,27)28/h3-13,16,23,30H,14-15H2,1-2H3/t23-/m1/s1. The normalized spacial score (nSPS) is 12.5. The molecule has 0 bridgehead atoms. The van der Waals surface area contributed by atoms with Crippen LogP contribution in [0.25, 0.3) is 0 Å². The maximum atomic E-state index is 13.2. The fourth-order valence-electron chi connectivity index (χ4n) is 3.29. The van der Waals surface area contributed by atoms with Crippen molar-refractivity contribution in [1.29, 1.82) is 0 Å². The molecule has 0 aliphatic heterocycles. The van der Waals surface area contributed by atoms with E-state index in [-0.39, 0.29) is 6.54 Å². The predicted molar refractivity (Wildman–Crippen MR) is 115 cm³/mol. The first kappa shape index (κ1) is 22.6. The third-order valence-electron chi connectivity index (χ3n) is 5.32. The van der Waals surface area contributed by atoms with E-state index in [1.807, 2.05) is 32.0 Å². The van der Waals surface area contributed by atoms with Crippen LogP contribution in [0.3, 0.4) is 0 Å². The van der Waals surface area contributed by atoms with Crippen LogP contribution in [0.15, 0.2) is 72.8 Å². The van der Waals surface area contributed by atoms with Crippen molar-refractivity contribution in [2.75, 3.05) is 11.4 Å². The summed E-state index contributed by atoms with van der Waals surface area (Å²) in [7, 11) is 0. The monoisotopic (exact) mass is 427 g/mol. The first-order valence-corrected chi connectivity index (χ1v) is 9.94. The summed E-state index contributed by atoms with van der Waals surface area (Å²) in [5, 5.41) is 10.7. The number of alkyl halides is 3. The molecule has 3 aromatic rings. The van der Waals surface area contributed by atoms with Crippen LogP contribution in [0.5, 0.6) is 0 Å². The van der Waals surface area contributed by atoms with Gasteiger partial charge < -0.3 is 10.0 Å². The molecule has 0 fully saturated rings. The number of carbonyl (C=O) groups excluding carboxylic acids is 1. The van der Waals surface area contributed by atoms with E-state index in [0.29, 0.717) is 23.2 Å². The number of aliphatic hydroxyl groups is 1. The summed E-state index contributed by atoms with van der Waals surface area (Å²) in [6.07, 6.45) is -5.38. The highest BCUT2D eigenvalue weighted by atomic mass is 19.4. The zero-order valence-electron chi connectivity index (χ0n) is 17.4. The topological polar surface area (TPSA) is 40.5 Å². The molecule has 0 radical (unpaired) electrons. The minimum Gasteiger partial charge on any atom is -0.378 e. The van der Waals surface area contributed by atoms with Crippen molar-refractivity contribution < 1.29 is 23.1 Å². The maximum absolute atomic E-state index is 13.2. The molecule has 1 amide bonds. The third-order valence-corrected chi connectivity index (χ3v) is 5.32. The number of rotatable bonds is 6. The Morgan fingerprint density at radius 3 is 2.16 bits per heavy atom. The highest BCUT2D eigenvalue weighted by molar-refractivity contribution is 5.97. The van der Waals surface area contributed by atoms with Gasteiger partial charge in [-0.3, -0.25) is 4.79 Å². The van der Waals surface area contributed by atoms with Gasteiger partial charge in [0.1, 0.15) is 0 Å². The molecule has 0 heterocycles. The van der Waals surface area contributed by atoms with Crippen molar-refractivity contribution in [1.82, 2.24) is 0 Å². The lowest BCUT2D eigenvalue weighted by atomic mass is 10.0. The zero-order valence-corrected chi connectivity index (χ0v) is 17.4. The fraction of sp³-hybridized carbons (Fsp3) is 0.240. The van der Waals surface area contributed by atoms with Crippen molar-refractivity contribution in [3.63, 3.8) is 0 Å². The van der Waals surface area contributed by atoms with E-state index in [2.05, 4.69) is 0 Å². The summed E-state index contributed by atoms with van der Waals surface area (Å²) in [4.78, 5) is 14.7. The second-order valence-corrected chi connectivity index (χ2v) is 7.52. The molecule has 0 saturated carbocycles. The molecule has 3 aromatic carbocycles. The van der Waals surface area contributed by atoms with Gasteiger partial charge in [-0.1, -0.05) is 48.5 Å². The van der Waals surface area contributed by atoms with Crippen molar-refractivity contribution in [3.8, 4) is 0 Å². The molecule has 0 spiro atoms. The molecule has 3 rings (SSSR count). The van der Waals surface area contributed by atoms with E-state index in [9.17, 15) is 23.1 Å². The SMILES string of the molecule is Cc1ccc(N(CCc2ccc(C(F)(F)F)cc2)C(=O)[C@H](O)c2ccccc2)cc1C. The molecule has 0 aliphatic carbocycles. The Bertz CT molecular complexity index is 1030. The number of amides is 1. The zero-order chi connectivity index (χ0) is 22.6. The summed E-state index contributed by atoms with van der Waals surface area (Å²) in [6.45, 7) is 4.12. The minimum atomic E-state index is -4.39. The van der Waals surface area contributed by atoms with Crippen molar-refractivity contribution in [3.05, 3.63) is 101 Å². The van der Waals surface area contributed by atoms with E-state index in [1.165, 1.54) is 17.0 Å². The first-order chi connectivity index (χ1) is 14.7. The Morgan fingerprint density at radius 1 is 0.935 bits per heavy atom. The highest BCUT2D eigenvalue weighted by Crippen LogP contribution is 2.29. The molecule has 0 aliphatic rings. The van der Waals surface area contributed by atoms with Crippen LogP contribution < -0.4 is 4.90 Å². The number of anilines is 1. The summed E-state index contributed by atoms with van der Waals surface area (Å²) in [5.74, 6) is -0.485. The summed E-state index contributed by atoms with van der Waals surface area (Å²) >= 11 is 0. The van der Waals surface area contributed by atoms with Crippen molar-refractivity contribution >= 4 is 11.6 Å². The predicted octanol–water partition coefficient (Wildman–Crippen LogP) is 5.63. The number of nitrogens with zero attached hydrogens (tertiary/aromatic N) is 1. The number of halogens is 3. The van der Waals surface area contributed by atoms with Crippen LogP contribution in [0.1, 0.15) is 33.9 Å². The number of carbonyl (C=O) groups is 1. The Balaban J connectivity index is 1.85. The van der Waals surface area contributed by atoms with Gasteiger partial charge in [-0.25, -0.2) is 0 Å². The van der Waals surface area contributed by atoms with E-state index < -0.39 is 23.8 Å². The molecule has 0 unspecified atom stereocenters. The quantitative estimate of drug-likeness (QED) is 0.554. The van der Waals surface area contributed by atoms with E-state index in [1.54, 1.807) is 30.3 Å². The largest absolute Gasteiger partial charge is 0.416 e. The van der Waals surface area contributed by atoms with E-state index in [0.717, 1.165) is 23.3 Å². The van der Waals surface area contributed by atoms with Crippen molar-refractivity contribution in [2.24, 2.45) is 0 Å². The van der Waals surface area contributed by atoms with E-state index in [4.69, 9.17) is 0 Å². The van der Waals surface area contributed by atoms with Crippen LogP contribution in [-0.2, 0) is 17.4 Å². The molecule has 1 N–H and O–H groups in total. The van der Waals surface area contributed by atoms with Gasteiger partial charge in [0.15, 0.2) is 6.10 Å². The number of hydrogen-bond donors (Lipinski definition) is 1. The molecule has 6 heteroatoms. The van der Waals surface area contributed by atoms with Gasteiger partial charge >= 0.3 is 6.18 Å². The van der Waals surface area contributed by atoms with Crippen molar-refractivity contribution in [2.45, 2.75) is 32.5 Å². The van der Waals surface area contributed by atoms with Gasteiger partial charge in [-0.2, -0.15) is 13.2 Å². The second-order valence-electron chi connectivity index (χ2n) is 7.52. The average Bonchev–Trinajstić information content (AvgIpc) is 2.76. The van der Waals surface area contributed by atoms with E-state index >= 15 is 0 Å². The summed E-state index contributed by atoms with van der Waals surface area (Å²) in [6, 6.07) is 19.1. The molecule has 162 valence electrons. The Hall–Kier alpha value is -3.12. The second kappa shape index (κ2) is 9.35. The number of aryl methyl sites for hydroxylation is 2. The van der Waals surface area contributed by atoms with Gasteiger partial charge in [-0.05, 0) is 66.8 Å². The third kappa shape index (κ3) is 5.52. The Kier molecular flexibility index (Phi) is 6.81. The van der Waals surface area contributed by atoms with Gasteiger partial charge in [-0.15, -0.1) is 0 Å². The summed E-state index contributed by atoms with van der Waals surface area (Å²) in [5.41, 5.74) is 3.15. The average molecular weight is 427 g/mol. The lowest BCUT2D eigenvalue weighted by Crippen LogP contribution is -2.37. The number of hydrogen-bond acceptors (Lipinski definition) is 2. The molecule has 0 aromatic heterocycles. The summed E-state index contributed by atoms with van der Waals surface area (Å²) < 4.78 is 38.4. The smallest absolute Gasteiger partial charge is 0.378 e. The Labute approximate surface area is 179 Å². The van der Waals surface area contributed by atoms with Gasteiger partial charge in [0.2, 0.25) is 0 Å². The molecule has 0 saturated heterocycles.